The molecular weight excluding hydrogens is 307 g/mol. The van der Waals surface area contributed by atoms with Crippen LogP contribution >= 0.6 is 11.8 Å². The minimum Gasteiger partial charge on any atom is -0.481 e. The van der Waals surface area contributed by atoms with Gasteiger partial charge >= 0.3 is 12.1 Å². The summed E-state index contributed by atoms with van der Waals surface area (Å²) in [5, 5.41) is 17.1. The molecule has 1 aliphatic carbocycles. The van der Waals surface area contributed by atoms with Gasteiger partial charge in [0.15, 0.2) is 5.16 Å². The summed E-state index contributed by atoms with van der Waals surface area (Å²) < 4.78 is 39.6. The first kappa shape index (κ1) is 16.1. The lowest BCUT2D eigenvalue weighted by atomic mass is 9.81. The van der Waals surface area contributed by atoms with E-state index >= 15 is 0 Å². The van der Waals surface area contributed by atoms with Crippen LogP contribution in [0.15, 0.2) is 5.16 Å². The molecule has 0 aromatic carbocycles. The fourth-order valence-electron chi connectivity index (χ4n) is 2.61. The zero-order valence-electron chi connectivity index (χ0n) is 11.4. The Hall–Kier alpha value is -1.25. The van der Waals surface area contributed by atoms with Crippen molar-refractivity contribution >= 4 is 17.7 Å². The number of carboxylic acid groups (broad SMARTS) is 1. The number of aromatic nitrogens is 3. The van der Waals surface area contributed by atoms with Crippen LogP contribution in [0.25, 0.3) is 0 Å². The van der Waals surface area contributed by atoms with Gasteiger partial charge in [-0.05, 0) is 25.7 Å². The van der Waals surface area contributed by atoms with Crippen LogP contribution in [0.1, 0.15) is 37.4 Å². The van der Waals surface area contributed by atoms with E-state index in [1.54, 1.807) is 11.6 Å². The number of halogens is 3. The molecule has 1 aromatic heterocycles. The van der Waals surface area contributed by atoms with Crippen LogP contribution in [0.5, 0.6) is 0 Å². The third kappa shape index (κ3) is 3.90. The lowest BCUT2D eigenvalue weighted by Gasteiger charge is -2.29. The molecule has 9 heteroatoms. The standard InChI is InChI=1S/C12H16F3N3O2S/c1-18-10(16-17-11(18)21-6-9(19)20)7-2-4-8(5-3-7)12(13,14)15/h7-8H,2-6H2,1H3,(H,19,20). The van der Waals surface area contributed by atoms with Crippen molar-refractivity contribution in [2.45, 2.75) is 42.9 Å². The number of hydrogen-bond acceptors (Lipinski definition) is 4. The molecule has 0 spiro atoms. The van der Waals surface area contributed by atoms with Crippen LogP contribution < -0.4 is 0 Å². The van der Waals surface area contributed by atoms with Gasteiger partial charge in [-0.1, -0.05) is 11.8 Å². The van der Waals surface area contributed by atoms with Gasteiger partial charge in [0.1, 0.15) is 5.82 Å². The van der Waals surface area contributed by atoms with Gasteiger partial charge in [0.05, 0.1) is 11.7 Å². The number of aliphatic carboxylic acids is 1. The van der Waals surface area contributed by atoms with Crippen molar-refractivity contribution in [1.82, 2.24) is 14.8 Å². The molecule has 1 N–H and O–H groups in total. The predicted molar refractivity (Wildman–Crippen MR) is 70.1 cm³/mol. The molecule has 1 saturated carbocycles. The summed E-state index contributed by atoms with van der Waals surface area (Å²) in [6.07, 6.45) is -3.04. The van der Waals surface area contributed by atoms with Gasteiger partial charge in [-0.25, -0.2) is 0 Å². The van der Waals surface area contributed by atoms with Crippen LogP contribution in [-0.4, -0.2) is 37.8 Å². The van der Waals surface area contributed by atoms with Crippen molar-refractivity contribution in [2.75, 3.05) is 5.75 Å². The molecule has 1 aromatic rings. The van der Waals surface area contributed by atoms with Gasteiger partial charge < -0.3 is 9.67 Å². The van der Waals surface area contributed by atoms with E-state index < -0.39 is 18.1 Å². The van der Waals surface area contributed by atoms with E-state index in [1.807, 2.05) is 0 Å². The molecule has 1 fully saturated rings. The summed E-state index contributed by atoms with van der Waals surface area (Å²) in [5.74, 6) is -1.69. The summed E-state index contributed by atoms with van der Waals surface area (Å²) >= 11 is 1.05. The quantitative estimate of drug-likeness (QED) is 0.863. The summed E-state index contributed by atoms with van der Waals surface area (Å²) in [6, 6.07) is 0. The first-order valence-corrected chi connectivity index (χ1v) is 7.58. The van der Waals surface area contributed by atoms with E-state index in [-0.39, 0.29) is 24.5 Å². The summed E-state index contributed by atoms with van der Waals surface area (Å²) in [5.41, 5.74) is 0. The Balaban J connectivity index is 1.99. The SMILES string of the molecule is Cn1c(SCC(=O)O)nnc1C1CCC(C(F)(F)F)CC1. The maximum absolute atomic E-state index is 12.6. The molecule has 21 heavy (non-hydrogen) atoms. The minimum atomic E-state index is -4.12. The summed E-state index contributed by atoms with van der Waals surface area (Å²) in [6.45, 7) is 0. The highest BCUT2D eigenvalue weighted by molar-refractivity contribution is 7.99. The van der Waals surface area contributed by atoms with E-state index in [1.165, 1.54) is 0 Å². The topological polar surface area (TPSA) is 68.0 Å². The molecule has 5 nitrogen and oxygen atoms in total. The van der Waals surface area contributed by atoms with E-state index in [0.29, 0.717) is 23.8 Å². The van der Waals surface area contributed by atoms with Crippen LogP contribution in [0.2, 0.25) is 0 Å². The highest BCUT2D eigenvalue weighted by atomic mass is 32.2. The van der Waals surface area contributed by atoms with Gasteiger partial charge in [0, 0.05) is 13.0 Å². The van der Waals surface area contributed by atoms with Crippen molar-refractivity contribution in [3.8, 4) is 0 Å². The average Bonchev–Trinajstić information content (AvgIpc) is 2.77. The number of rotatable bonds is 4. The Bertz CT molecular complexity index is 510. The fraction of sp³-hybridized carbons (Fsp3) is 0.750. The minimum absolute atomic E-state index is 0.0414. The van der Waals surface area contributed by atoms with E-state index in [9.17, 15) is 18.0 Å². The van der Waals surface area contributed by atoms with Gasteiger partial charge in [0.25, 0.3) is 0 Å². The van der Waals surface area contributed by atoms with Crippen LogP contribution in [0.4, 0.5) is 13.2 Å². The van der Waals surface area contributed by atoms with Gasteiger partial charge in [-0.3, -0.25) is 4.79 Å². The van der Waals surface area contributed by atoms with Gasteiger partial charge in [-0.15, -0.1) is 10.2 Å². The number of carbonyl (C=O) groups is 1. The predicted octanol–water partition coefficient (Wildman–Crippen LogP) is 2.83. The second-order valence-electron chi connectivity index (χ2n) is 5.17. The van der Waals surface area contributed by atoms with Gasteiger partial charge in [-0.2, -0.15) is 13.2 Å². The Morgan fingerprint density at radius 1 is 1.33 bits per heavy atom. The Morgan fingerprint density at radius 3 is 2.48 bits per heavy atom. The third-order valence-electron chi connectivity index (χ3n) is 3.75. The molecule has 0 amide bonds. The smallest absolute Gasteiger partial charge is 0.391 e. The number of alkyl halides is 3. The first-order chi connectivity index (χ1) is 9.79. The van der Waals surface area contributed by atoms with Crippen molar-refractivity contribution in [1.29, 1.82) is 0 Å². The first-order valence-electron chi connectivity index (χ1n) is 6.59. The second kappa shape index (κ2) is 6.25. The normalized spacial score (nSPS) is 23.2. The molecule has 0 aliphatic heterocycles. The Morgan fingerprint density at radius 2 is 1.95 bits per heavy atom. The summed E-state index contributed by atoms with van der Waals surface area (Å²) in [7, 11) is 1.72. The van der Waals surface area contributed by atoms with E-state index in [0.717, 1.165) is 11.8 Å². The van der Waals surface area contributed by atoms with E-state index in [2.05, 4.69) is 10.2 Å². The van der Waals surface area contributed by atoms with Crippen molar-refractivity contribution < 1.29 is 23.1 Å². The number of nitrogens with zero attached hydrogens (tertiary/aromatic N) is 3. The molecule has 2 rings (SSSR count). The fourth-order valence-corrected chi connectivity index (χ4v) is 3.25. The molecule has 118 valence electrons. The monoisotopic (exact) mass is 323 g/mol. The Labute approximate surface area is 123 Å². The number of thioether (sulfide) groups is 1. The van der Waals surface area contributed by atoms with Crippen molar-refractivity contribution in [3.05, 3.63) is 5.82 Å². The van der Waals surface area contributed by atoms with Crippen LogP contribution in [-0.2, 0) is 11.8 Å². The molecule has 0 unspecified atom stereocenters. The Kier molecular flexibility index (Phi) is 4.80. The molecule has 0 saturated heterocycles. The molecule has 1 heterocycles. The average molecular weight is 323 g/mol. The third-order valence-corrected chi connectivity index (χ3v) is 4.75. The van der Waals surface area contributed by atoms with Crippen LogP contribution in [0.3, 0.4) is 0 Å². The highest BCUT2D eigenvalue weighted by Gasteiger charge is 2.42. The summed E-state index contributed by atoms with van der Waals surface area (Å²) in [4.78, 5) is 10.5. The molecule has 1 aliphatic rings. The largest absolute Gasteiger partial charge is 0.481 e. The number of carboxylic acids is 1. The van der Waals surface area contributed by atoms with Gasteiger partial charge in [0.2, 0.25) is 0 Å². The maximum atomic E-state index is 12.6. The molecule has 0 atom stereocenters. The lowest BCUT2D eigenvalue weighted by Crippen LogP contribution is -2.27. The molecule has 0 radical (unpaired) electrons. The van der Waals surface area contributed by atoms with Crippen LogP contribution in [0, 0.1) is 5.92 Å². The second-order valence-corrected chi connectivity index (χ2v) is 6.11. The molecular formula is C12H16F3N3O2S. The van der Waals surface area contributed by atoms with E-state index in [4.69, 9.17) is 5.11 Å². The number of hydrogen-bond donors (Lipinski definition) is 1. The lowest BCUT2D eigenvalue weighted by molar-refractivity contribution is -0.182. The zero-order chi connectivity index (χ0) is 15.6. The van der Waals surface area contributed by atoms with Crippen molar-refractivity contribution in [2.24, 2.45) is 13.0 Å². The molecule has 0 bridgehead atoms. The maximum Gasteiger partial charge on any atom is 0.391 e. The van der Waals surface area contributed by atoms with Crippen molar-refractivity contribution in [3.63, 3.8) is 0 Å². The zero-order valence-corrected chi connectivity index (χ0v) is 12.2. The highest BCUT2D eigenvalue weighted by Crippen LogP contribution is 2.42.